The van der Waals surface area contributed by atoms with Crippen molar-refractivity contribution in [1.82, 2.24) is 15.5 Å². The SMILES string of the molecule is NCCNC(=O)Nc1nnc(-c2c(F)cccc2Cl)s1. The van der Waals surface area contributed by atoms with Crippen molar-refractivity contribution in [3.8, 4) is 10.6 Å². The fourth-order valence-corrected chi connectivity index (χ4v) is 2.51. The molecule has 6 nitrogen and oxygen atoms in total. The standard InChI is InChI=1S/C11H11ClFN5OS/c12-6-2-1-3-7(13)8(6)9-17-18-11(20-9)16-10(19)15-5-4-14/h1-3H,4-5,14H2,(H2,15,16,18,19). The highest BCUT2D eigenvalue weighted by Crippen LogP contribution is 2.33. The van der Waals surface area contributed by atoms with Crippen LogP contribution >= 0.6 is 22.9 Å². The molecule has 0 aliphatic rings. The number of hydrogen-bond donors (Lipinski definition) is 3. The predicted octanol–water partition coefficient (Wildman–Crippen LogP) is 2.08. The van der Waals surface area contributed by atoms with Crippen LogP contribution in [0.1, 0.15) is 0 Å². The molecule has 0 aliphatic carbocycles. The summed E-state index contributed by atoms with van der Waals surface area (Å²) in [6.07, 6.45) is 0. The van der Waals surface area contributed by atoms with E-state index in [1.54, 1.807) is 6.07 Å². The molecule has 0 saturated heterocycles. The summed E-state index contributed by atoms with van der Waals surface area (Å²) in [5.41, 5.74) is 5.43. The first-order valence-electron chi connectivity index (χ1n) is 5.64. The zero-order valence-corrected chi connectivity index (χ0v) is 11.8. The number of carbonyl (C=O) groups is 1. The summed E-state index contributed by atoms with van der Waals surface area (Å²) < 4.78 is 13.7. The summed E-state index contributed by atoms with van der Waals surface area (Å²) in [6.45, 7) is 0.677. The van der Waals surface area contributed by atoms with Gasteiger partial charge in [0.2, 0.25) is 5.13 Å². The van der Waals surface area contributed by atoms with E-state index in [1.807, 2.05) is 0 Å². The number of nitrogens with one attached hydrogen (secondary N) is 2. The van der Waals surface area contributed by atoms with Crippen LogP contribution in [0.5, 0.6) is 0 Å². The number of nitrogens with zero attached hydrogens (tertiary/aromatic N) is 2. The topological polar surface area (TPSA) is 92.9 Å². The van der Waals surface area contributed by atoms with Gasteiger partial charge in [-0.15, -0.1) is 10.2 Å². The predicted molar refractivity (Wildman–Crippen MR) is 76.4 cm³/mol. The molecule has 106 valence electrons. The number of carbonyl (C=O) groups excluding carboxylic acids is 1. The van der Waals surface area contributed by atoms with Crippen LogP contribution in [0.4, 0.5) is 14.3 Å². The van der Waals surface area contributed by atoms with E-state index in [0.29, 0.717) is 18.1 Å². The molecule has 9 heteroatoms. The molecule has 2 amide bonds. The molecule has 0 radical (unpaired) electrons. The van der Waals surface area contributed by atoms with E-state index in [2.05, 4.69) is 20.8 Å². The second-order valence-corrected chi connectivity index (χ2v) is 5.06. The maximum Gasteiger partial charge on any atom is 0.321 e. The highest BCUT2D eigenvalue weighted by molar-refractivity contribution is 7.18. The molecule has 0 aliphatic heterocycles. The van der Waals surface area contributed by atoms with E-state index in [0.717, 1.165) is 11.3 Å². The maximum atomic E-state index is 13.7. The van der Waals surface area contributed by atoms with Gasteiger partial charge in [-0.05, 0) is 12.1 Å². The Bertz CT molecular complexity index is 600. The molecule has 0 bridgehead atoms. The summed E-state index contributed by atoms with van der Waals surface area (Å²) in [7, 11) is 0. The zero-order valence-electron chi connectivity index (χ0n) is 10.2. The first-order valence-corrected chi connectivity index (χ1v) is 6.84. The molecule has 0 atom stereocenters. The van der Waals surface area contributed by atoms with Crippen molar-refractivity contribution in [3.63, 3.8) is 0 Å². The monoisotopic (exact) mass is 315 g/mol. The Hall–Kier alpha value is -1.77. The molecule has 20 heavy (non-hydrogen) atoms. The number of aromatic nitrogens is 2. The third kappa shape index (κ3) is 3.41. The number of anilines is 1. The van der Waals surface area contributed by atoms with Crippen LogP contribution in [0.3, 0.4) is 0 Å². The molecule has 1 aromatic heterocycles. The minimum absolute atomic E-state index is 0.169. The molecule has 2 aromatic rings. The van der Waals surface area contributed by atoms with Gasteiger partial charge in [-0.1, -0.05) is 29.0 Å². The van der Waals surface area contributed by atoms with Crippen LogP contribution in [0.15, 0.2) is 18.2 Å². The van der Waals surface area contributed by atoms with Crippen molar-refractivity contribution in [2.75, 3.05) is 18.4 Å². The zero-order chi connectivity index (χ0) is 14.5. The average molecular weight is 316 g/mol. The second-order valence-electron chi connectivity index (χ2n) is 3.68. The number of hydrogen-bond acceptors (Lipinski definition) is 5. The van der Waals surface area contributed by atoms with Gasteiger partial charge in [0.1, 0.15) is 5.82 Å². The Kier molecular flexibility index (Phi) is 4.83. The molecular weight excluding hydrogens is 305 g/mol. The van der Waals surface area contributed by atoms with Crippen LogP contribution < -0.4 is 16.4 Å². The highest BCUT2D eigenvalue weighted by Gasteiger charge is 2.15. The summed E-state index contributed by atoms with van der Waals surface area (Å²) in [5.74, 6) is -0.493. The van der Waals surface area contributed by atoms with E-state index in [-0.39, 0.29) is 15.7 Å². The average Bonchev–Trinajstić information content (AvgIpc) is 2.84. The fourth-order valence-electron chi connectivity index (χ4n) is 1.40. The van der Waals surface area contributed by atoms with Gasteiger partial charge in [0, 0.05) is 13.1 Å². The van der Waals surface area contributed by atoms with Crippen LogP contribution in [0.25, 0.3) is 10.6 Å². The third-order valence-corrected chi connectivity index (χ3v) is 3.42. The normalized spacial score (nSPS) is 10.3. The Morgan fingerprint density at radius 3 is 2.95 bits per heavy atom. The van der Waals surface area contributed by atoms with E-state index in [4.69, 9.17) is 17.3 Å². The second kappa shape index (κ2) is 6.60. The number of benzene rings is 1. The van der Waals surface area contributed by atoms with Gasteiger partial charge in [0.05, 0.1) is 10.6 Å². The molecule has 2 rings (SSSR count). The van der Waals surface area contributed by atoms with E-state index < -0.39 is 11.8 Å². The summed E-state index contributed by atoms with van der Waals surface area (Å²) in [6, 6.07) is 3.89. The molecule has 0 fully saturated rings. The Labute approximate surface area is 123 Å². The van der Waals surface area contributed by atoms with E-state index in [9.17, 15) is 9.18 Å². The number of urea groups is 1. The van der Waals surface area contributed by atoms with Gasteiger partial charge in [-0.25, -0.2) is 9.18 Å². The first kappa shape index (κ1) is 14.6. The van der Waals surface area contributed by atoms with Crippen molar-refractivity contribution in [1.29, 1.82) is 0 Å². The van der Waals surface area contributed by atoms with Gasteiger partial charge in [0.15, 0.2) is 5.01 Å². The molecule has 0 saturated carbocycles. The molecule has 4 N–H and O–H groups in total. The molecule has 1 aromatic carbocycles. The Balaban J connectivity index is 2.15. The molecule has 0 spiro atoms. The van der Waals surface area contributed by atoms with Gasteiger partial charge >= 0.3 is 6.03 Å². The summed E-state index contributed by atoms with van der Waals surface area (Å²) >= 11 is 6.96. The lowest BCUT2D eigenvalue weighted by molar-refractivity contribution is 0.252. The molecule has 1 heterocycles. The first-order chi connectivity index (χ1) is 9.61. The number of nitrogens with two attached hydrogens (primary N) is 1. The van der Waals surface area contributed by atoms with Gasteiger partial charge in [0.25, 0.3) is 0 Å². The van der Waals surface area contributed by atoms with E-state index in [1.165, 1.54) is 12.1 Å². The van der Waals surface area contributed by atoms with Crippen LogP contribution in [0.2, 0.25) is 5.02 Å². The smallest absolute Gasteiger partial charge is 0.321 e. The van der Waals surface area contributed by atoms with Crippen molar-refractivity contribution < 1.29 is 9.18 Å². The Morgan fingerprint density at radius 1 is 1.45 bits per heavy atom. The van der Waals surface area contributed by atoms with Crippen molar-refractivity contribution in [2.45, 2.75) is 0 Å². The lowest BCUT2D eigenvalue weighted by Crippen LogP contribution is -2.32. The van der Waals surface area contributed by atoms with Crippen molar-refractivity contribution in [3.05, 3.63) is 29.0 Å². The number of halogens is 2. The van der Waals surface area contributed by atoms with Gasteiger partial charge < -0.3 is 11.1 Å². The Morgan fingerprint density at radius 2 is 2.25 bits per heavy atom. The largest absolute Gasteiger partial charge is 0.337 e. The quantitative estimate of drug-likeness (QED) is 0.805. The van der Waals surface area contributed by atoms with Crippen LogP contribution in [0, 0.1) is 5.82 Å². The summed E-state index contributed by atoms with van der Waals surface area (Å²) in [4.78, 5) is 11.4. The number of amides is 2. The summed E-state index contributed by atoms with van der Waals surface area (Å²) in [5, 5.41) is 13.4. The third-order valence-electron chi connectivity index (χ3n) is 2.25. The maximum absolute atomic E-state index is 13.7. The lowest BCUT2D eigenvalue weighted by Gasteiger charge is -2.02. The van der Waals surface area contributed by atoms with Gasteiger partial charge in [-0.2, -0.15) is 0 Å². The van der Waals surface area contributed by atoms with Crippen molar-refractivity contribution in [2.24, 2.45) is 5.73 Å². The van der Waals surface area contributed by atoms with Crippen molar-refractivity contribution >= 4 is 34.1 Å². The van der Waals surface area contributed by atoms with Crippen LogP contribution in [-0.2, 0) is 0 Å². The highest BCUT2D eigenvalue weighted by atomic mass is 35.5. The number of rotatable bonds is 4. The van der Waals surface area contributed by atoms with E-state index >= 15 is 0 Å². The molecular formula is C11H11ClFN5OS. The fraction of sp³-hybridized carbons (Fsp3) is 0.182. The molecule has 0 unspecified atom stereocenters. The minimum atomic E-state index is -0.493. The van der Waals surface area contributed by atoms with Gasteiger partial charge in [-0.3, -0.25) is 5.32 Å². The minimum Gasteiger partial charge on any atom is -0.337 e. The van der Waals surface area contributed by atoms with Crippen LogP contribution in [-0.4, -0.2) is 29.3 Å². The lowest BCUT2D eigenvalue weighted by atomic mass is 10.2.